The lowest BCUT2D eigenvalue weighted by Gasteiger charge is -2.06. The van der Waals surface area contributed by atoms with Crippen LogP contribution in [0.1, 0.15) is 20.9 Å². The summed E-state index contributed by atoms with van der Waals surface area (Å²) in [5, 5.41) is 12.1. The molecule has 0 fully saturated rings. The minimum absolute atomic E-state index is 0.0934. The van der Waals surface area contributed by atoms with E-state index in [2.05, 4.69) is 15.5 Å². The Labute approximate surface area is 126 Å². The smallest absolute Gasteiger partial charge is 0.266 e. The van der Waals surface area contributed by atoms with Crippen molar-refractivity contribution in [1.29, 1.82) is 0 Å². The summed E-state index contributed by atoms with van der Waals surface area (Å²) in [5.41, 5.74) is 4.30. The number of nitrogens with zero attached hydrogens (tertiary/aromatic N) is 1. The molecule has 2 heterocycles. The third-order valence-corrected chi connectivity index (χ3v) is 4.32. The summed E-state index contributed by atoms with van der Waals surface area (Å²) in [4.78, 5) is 13.1. The van der Waals surface area contributed by atoms with Crippen LogP contribution in [0.15, 0.2) is 41.8 Å². The summed E-state index contributed by atoms with van der Waals surface area (Å²) in [6.07, 6.45) is 0. The summed E-state index contributed by atoms with van der Waals surface area (Å²) in [6.45, 7) is 3.84. The zero-order chi connectivity index (χ0) is 14.8. The number of hydrogen-bond acceptors (Lipinski definition) is 3. The van der Waals surface area contributed by atoms with E-state index in [1.54, 1.807) is 0 Å². The average molecular weight is 297 g/mol. The Morgan fingerprint density at radius 1 is 1.19 bits per heavy atom. The second-order valence-electron chi connectivity index (χ2n) is 4.83. The van der Waals surface area contributed by atoms with Gasteiger partial charge in [0.1, 0.15) is 5.69 Å². The van der Waals surface area contributed by atoms with E-state index < -0.39 is 0 Å². The first-order valence-electron chi connectivity index (χ1n) is 6.62. The number of carbonyl (C=O) groups excluding carboxylic acids is 1. The number of aromatic amines is 1. The van der Waals surface area contributed by atoms with Crippen LogP contribution in [-0.2, 0) is 0 Å². The maximum Gasteiger partial charge on any atom is 0.266 e. The SMILES string of the molecule is Cc1ccsc1C(=O)Nc1c(-c2ccccc2)n[nH]c1C. The topological polar surface area (TPSA) is 57.8 Å². The molecule has 3 aromatic rings. The van der Waals surface area contributed by atoms with Crippen molar-refractivity contribution in [3.05, 3.63) is 57.9 Å². The van der Waals surface area contributed by atoms with Gasteiger partial charge in [0.25, 0.3) is 5.91 Å². The van der Waals surface area contributed by atoms with Crippen LogP contribution >= 0.6 is 11.3 Å². The molecule has 0 aliphatic heterocycles. The molecular weight excluding hydrogens is 282 g/mol. The van der Waals surface area contributed by atoms with E-state index in [1.165, 1.54) is 11.3 Å². The van der Waals surface area contributed by atoms with Crippen molar-refractivity contribution in [1.82, 2.24) is 10.2 Å². The molecule has 0 radical (unpaired) electrons. The summed E-state index contributed by atoms with van der Waals surface area (Å²) in [7, 11) is 0. The van der Waals surface area contributed by atoms with Gasteiger partial charge in [0.2, 0.25) is 0 Å². The van der Waals surface area contributed by atoms with Crippen molar-refractivity contribution in [3.63, 3.8) is 0 Å². The van der Waals surface area contributed by atoms with Crippen molar-refractivity contribution >= 4 is 22.9 Å². The highest BCUT2D eigenvalue weighted by Crippen LogP contribution is 2.29. The molecule has 2 aromatic heterocycles. The van der Waals surface area contributed by atoms with E-state index in [4.69, 9.17) is 0 Å². The van der Waals surface area contributed by atoms with Gasteiger partial charge in [0.15, 0.2) is 0 Å². The summed E-state index contributed by atoms with van der Waals surface area (Å²) in [6, 6.07) is 11.8. The van der Waals surface area contributed by atoms with Crippen LogP contribution in [0.25, 0.3) is 11.3 Å². The first-order valence-corrected chi connectivity index (χ1v) is 7.50. The highest BCUT2D eigenvalue weighted by atomic mass is 32.1. The molecule has 0 saturated carbocycles. The molecule has 0 aliphatic carbocycles. The van der Waals surface area contributed by atoms with Crippen LogP contribution in [0.3, 0.4) is 0 Å². The number of hydrogen-bond donors (Lipinski definition) is 2. The van der Waals surface area contributed by atoms with Gasteiger partial charge in [-0.1, -0.05) is 30.3 Å². The van der Waals surface area contributed by atoms with Crippen molar-refractivity contribution in [3.8, 4) is 11.3 Å². The number of benzene rings is 1. The minimum atomic E-state index is -0.0934. The molecule has 0 atom stereocenters. The third kappa shape index (κ3) is 2.60. The fourth-order valence-corrected chi connectivity index (χ4v) is 2.98. The normalized spacial score (nSPS) is 10.6. The average Bonchev–Trinajstić information content (AvgIpc) is 3.07. The number of anilines is 1. The zero-order valence-electron chi connectivity index (χ0n) is 11.8. The number of carbonyl (C=O) groups is 1. The Hall–Kier alpha value is -2.40. The lowest BCUT2D eigenvalue weighted by atomic mass is 10.1. The van der Waals surface area contributed by atoms with Crippen LogP contribution in [0.5, 0.6) is 0 Å². The van der Waals surface area contributed by atoms with Crippen LogP contribution in [0, 0.1) is 13.8 Å². The van der Waals surface area contributed by atoms with Gasteiger partial charge in [-0.2, -0.15) is 5.10 Å². The van der Waals surface area contributed by atoms with Crippen molar-refractivity contribution in [2.75, 3.05) is 5.32 Å². The van der Waals surface area contributed by atoms with E-state index in [9.17, 15) is 4.79 Å². The maximum atomic E-state index is 12.4. The van der Waals surface area contributed by atoms with E-state index in [-0.39, 0.29) is 5.91 Å². The second-order valence-corrected chi connectivity index (χ2v) is 5.74. The standard InChI is InChI=1S/C16H15N3OS/c1-10-8-9-21-15(10)16(20)17-13-11(2)18-19-14(13)12-6-4-3-5-7-12/h3-9H,1-2H3,(H,17,20)(H,18,19). The van der Waals surface area contributed by atoms with Gasteiger partial charge >= 0.3 is 0 Å². The van der Waals surface area contributed by atoms with Crippen molar-refractivity contribution < 1.29 is 4.79 Å². The maximum absolute atomic E-state index is 12.4. The Bertz CT molecular complexity index is 774. The highest BCUT2D eigenvalue weighted by Gasteiger charge is 2.17. The van der Waals surface area contributed by atoms with E-state index in [1.807, 2.05) is 55.6 Å². The van der Waals surface area contributed by atoms with E-state index in [0.717, 1.165) is 33.1 Å². The van der Waals surface area contributed by atoms with Crippen LogP contribution in [0.4, 0.5) is 5.69 Å². The van der Waals surface area contributed by atoms with E-state index in [0.29, 0.717) is 0 Å². The Morgan fingerprint density at radius 3 is 2.62 bits per heavy atom. The molecule has 0 bridgehead atoms. The lowest BCUT2D eigenvalue weighted by Crippen LogP contribution is -2.12. The number of aryl methyl sites for hydroxylation is 2. The molecule has 106 valence electrons. The summed E-state index contributed by atoms with van der Waals surface area (Å²) < 4.78 is 0. The Balaban J connectivity index is 1.95. The highest BCUT2D eigenvalue weighted by molar-refractivity contribution is 7.12. The van der Waals surface area contributed by atoms with Gasteiger partial charge in [0, 0.05) is 5.56 Å². The summed E-state index contributed by atoms with van der Waals surface area (Å²) >= 11 is 1.44. The second kappa shape index (κ2) is 5.54. The number of amides is 1. The van der Waals surface area contributed by atoms with Gasteiger partial charge in [-0.05, 0) is 30.9 Å². The predicted octanol–water partition coefficient (Wildman–Crippen LogP) is 4.01. The van der Waals surface area contributed by atoms with Gasteiger partial charge in [-0.3, -0.25) is 9.89 Å². The fraction of sp³-hybridized carbons (Fsp3) is 0.125. The van der Waals surface area contributed by atoms with Gasteiger partial charge < -0.3 is 5.32 Å². The quantitative estimate of drug-likeness (QED) is 0.767. The minimum Gasteiger partial charge on any atom is -0.318 e. The molecular formula is C16H15N3OS. The van der Waals surface area contributed by atoms with Crippen LogP contribution in [0.2, 0.25) is 0 Å². The molecule has 5 heteroatoms. The largest absolute Gasteiger partial charge is 0.318 e. The molecule has 3 rings (SSSR count). The van der Waals surface area contributed by atoms with Gasteiger partial charge in [-0.15, -0.1) is 11.3 Å². The lowest BCUT2D eigenvalue weighted by molar-refractivity contribution is 0.103. The predicted molar refractivity (Wildman–Crippen MR) is 85.8 cm³/mol. The molecule has 0 aliphatic rings. The first kappa shape index (κ1) is 13.6. The molecule has 21 heavy (non-hydrogen) atoms. The van der Waals surface area contributed by atoms with Crippen LogP contribution < -0.4 is 5.32 Å². The molecule has 0 spiro atoms. The van der Waals surface area contributed by atoms with Crippen LogP contribution in [-0.4, -0.2) is 16.1 Å². The molecule has 1 amide bonds. The van der Waals surface area contributed by atoms with Crippen molar-refractivity contribution in [2.24, 2.45) is 0 Å². The number of thiophene rings is 1. The molecule has 2 N–H and O–H groups in total. The fourth-order valence-electron chi connectivity index (χ4n) is 2.16. The van der Waals surface area contributed by atoms with Gasteiger partial charge in [-0.25, -0.2) is 0 Å². The van der Waals surface area contributed by atoms with Crippen molar-refractivity contribution in [2.45, 2.75) is 13.8 Å². The number of rotatable bonds is 3. The number of H-pyrrole nitrogens is 1. The molecule has 0 unspecified atom stereocenters. The molecule has 4 nitrogen and oxygen atoms in total. The Morgan fingerprint density at radius 2 is 1.95 bits per heavy atom. The number of nitrogens with one attached hydrogen (secondary N) is 2. The molecule has 0 saturated heterocycles. The van der Waals surface area contributed by atoms with Gasteiger partial charge in [0.05, 0.1) is 16.3 Å². The Kier molecular flexibility index (Phi) is 3.58. The summed E-state index contributed by atoms with van der Waals surface area (Å²) in [5.74, 6) is -0.0934. The number of aromatic nitrogens is 2. The van der Waals surface area contributed by atoms with E-state index >= 15 is 0 Å². The third-order valence-electron chi connectivity index (χ3n) is 3.30. The zero-order valence-corrected chi connectivity index (χ0v) is 12.6. The monoisotopic (exact) mass is 297 g/mol. The first-order chi connectivity index (χ1) is 10.2. The molecule has 1 aromatic carbocycles.